The number of rotatable bonds is 4. The summed E-state index contributed by atoms with van der Waals surface area (Å²) in [6.45, 7) is 0. The molecule has 0 spiro atoms. The summed E-state index contributed by atoms with van der Waals surface area (Å²) >= 11 is 0. The smallest absolute Gasteiger partial charge is 0.268 e. The predicted molar refractivity (Wildman–Crippen MR) is 103 cm³/mol. The Morgan fingerprint density at radius 1 is 0.889 bits per heavy atom. The van der Waals surface area contributed by atoms with Gasteiger partial charge in [-0.25, -0.2) is 12.7 Å². The Bertz CT molecular complexity index is 1120. The number of pyridine rings is 1. The van der Waals surface area contributed by atoms with E-state index < -0.39 is 10.0 Å². The van der Waals surface area contributed by atoms with Crippen LogP contribution in [-0.2, 0) is 21.2 Å². The SMILES string of the molecule is O=C1Cc2ccccc2C=C1N(c1cccnc1)S(=O)(=O)c1ccccc1. The molecule has 0 aliphatic heterocycles. The van der Waals surface area contributed by atoms with Crippen LogP contribution in [0.2, 0.25) is 0 Å². The van der Waals surface area contributed by atoms with Crippen LogP contribution in [0.1, 0.15) is 11.1 Å². The number of aromatic nitrogens is 1. The van der Waals surface area contributed by atoms with Gasteiger partial charge in [-0.2, -0.15) is 0 Å². The number of carbonyl (C=O) groups is 1. The molecule has 5 nitrogen and oxygen atoms in total. The molecule has 0 saturated heterocycles. The minimum Gasteiger partial charge on any atom is -0.292 e. The van der Waals surface area contributed by atoms with E-state index in [0.29, 0.717) is 5.69 Å². The van der Waals surface area contributed by atoms with E-state index in [2.05, 4.69) is 4.98 Å². The van der Waals surface area contributed by atoms with Gasteiger partial charge < -0.3 is 0 Å². The van der Waals surface area contributed by atoms with E-state index in [1.54, 1.807) is 42.6 Å². The molecule has 134 valence electrons. The maximum Gasteiger partial charge on any atom is 0.268 e. The average molecular weight is 376 g/mol. The molecule has 0 saturated carbocycles. The van der Waals surface area contributed by atoms with Gasteiger partial charge in [0, 0.05) is 12.6 Å². The van der Waals surface area contributed by atoms with Crippen molar-refractivity contribution < 1.29 is 13.2 Å². The highest BCUT2D eigenvalue weighted by Gasteiger charge is 2.33. The fourth-order valence-electron chi connectivity index (χ4n) is 3.08. The van der Waals surface area contributed by atoms with Crippen molar-refractivity contribution in [2.45, 2.75) is 11.3 Å². The maximum atomic E-state index is 13.4. The molecule has 0 bridgehead atoms. The van der Waals surface area contributed by atoms with E-state index in [1.807, 2.05) is 24.3 Å². The second kappa shape index (κ2) is 6.81. The summed E-state index contributed by atoms with van der Waals surface area (Å²) in [7, 11) is -3.98. The van der Waals surface area contributed by atoms with Crippen LogP contribution < -0.4 is 4.31 Å². The Morgan fingerprint density at radius 2 is 1.63 bits per heavy atom. The Balaban J connectivity index is 1.93. The van der Waals surface area contributed by atoms with Crippen molar-refractivity contribution in [2.75, 3.05) is 4.31 Å². The standard InChI is InChI=1S/C21H16N2O3S/c24-21-14-17-8-5-4-7-16(17)13-20(21)23(18-9-6-12-22-15-18)27(25,26)19-10-2-1-3-11-19/h1-13,15H,14H2. The van der Waals surface area contributed by atoms with Crippen molar-refractivity contribution >= 4 is 27.6 Å². The number of Topliss-reactive ketones (excluding diaryl/α,β-unsaturated/α-hetero) is 1. The first-order valence-corrected chi connectivity index (χ1v) is 9.84. The number of hydrogen-bond donors (Lipinski definition) is 0. The van der Waals surface area contributed by atoms with Gasteiger partial charge >= 0.3 is 0 Å². The molecule has 3 aromatic rings. The Morgan fingerprint density at radius 3 is 2.37 bits per heavy atom. The first-order valence-electron chi connectivity index (χ1n) is 8.40. The lowest BCUT2D eigenvalue weighted by Crippen LogP contribution is -2.35. The van der Waals surface area contributed by atoms with Crippen molar-refractivity contribution in [1.29, 1.82) is 0 Å². The molecule has 0 fully saturated rings. The number of hydrogen-bond acceptors (Lipinski definition) is 4. The molecule has 0 N–H and O–H groups in total. The van der Waals surface area contributed by atoms with E-state index in [-0.39, 0.29) is 22.8 Å². The quantitative estimate of drug-likeness (QED) is 0.700. The third kappa shape index (κ3) is 3.15. The summed E-state index contributed by atoms with van der Waals surface area (Å²) in [5.41, 5.74) is 2.16. The molecule has 27 heavy (non-hydrogen) atoms. The summed E-state index contributed by atoms with van der Waals surface area (Å²) in [6.07, 6.45) is 4.79. The van der Waals surface area contributed by atoms with Gasteiger partial charge in [0.25, 0.3) is 10.0 Å². The van der Waals surface area contributed by atoms with Gasteiger partial charge in [0.2, 0.25) is 0 Å². The third-order valence-corrected chi connectivity index (χ3v) is 6.12. The molecule has 0 atom stereocenters. The van der Waals surface area contributed by atoms with Crippen molar-refractivity contribution in [1.82, 2.24) is 4.98 Å². The molecule has 1 aromatic heterocycles. The molecule has 0 amide bonds. The van der Waals surface area contributed by atoms with Crippen molar-refractivity contribution in [3.05, 3.63) is 95.9 Å². The highest BCUT2D eigenvalue weighted by molar-refractivity contribution is 7.93. The molecule has 4 rings (SSSR count). The second-order valence-corrected chi connectivity index (χ2v) is 7.91. The highest BCUT2D eigenvalue weighted by atomic mass is 32.2. The van der Waals surface area contributed by atoms with Gasteiger partial charge in [0.1, 0.15) is 5.70 Å². The zero-order valence-corrected chi connectivity index (χ0v) is 15.1. The number of sulfonamides is 1. The molecular formula is C21H16N2O3S. The van der Waals surface area contributed by atoms with Crippen molar-refractivity contribution in [3.8, 4) is 0 Å². The van der Waals surface area contributed by atoms with Crippen molar-refractivity contribution in [2.24, 2.45) is 0 Å². The van der Waals surface area contributed by atoms with E-state index >= 15 is 0 Å². The maximum absolute atomic E-state index is 13.4. The topological polar surface area (TPSA) is 67.3 Å². The van der Waals surface area contributed by atoms with Gasteiger partial charge in [-0.05, 0) is 41.5 Å². The molecule has 1 aliphatic carbocycles. The number of anilines is 1. The fraction of sp³-hybridized carbons (Fsp3) is 0.0476. The van der Waals surface area contributed by atoms with E-state index in [1.165, 1.54) is 18.3 Å². The van der Waals surface area contributed by atoms with Gasteiger partial charge in [-0.15, -0.1) is 0 Å². The molecule has 1 aliphatic rings. The molecular weight excluding hydrogens is 360 g/mol. The van der Waals surface area contributed by atoms with Crippen molar-refractivity contribution in [3.63, 3.8) is 0 Å². The summed E-state index contributed by atoms with van der Waals surface area (Å²) in [5, 5.41) is 0. The fourth-order valence-corrected chi connectivity index (χ4v) is 4.59. The molecule has 0 radical (unpaired) electrons. The first-order chi connectivity index (χ1) is 13.1. The first kappa shape index (κ1) is 17.2. The molecule has 6 heteroatoms. The van der Waals surface area contributed by atoms with Crippen LogP contribution in [0.25, 0.3) is 6.08 Å². The van der Waals surface area contributed by atoms with Crippen LogP contribution in [0.15, 0.2) is 89.7 Å². The monoisotopic (exact) mass is 376 g/mol. The van der Waals surface area contributed by atoms with Gasteiger partial charge in [0.15, 0.2) is 5.78 Å². The van der Waals surface area contributed by atoms with Crippen LogP contribution in [-0.4, -0.2) is 19.2 Å². The highest BCUT2D eigenvalue weighted by Crippen LogP contribution is 2.32. The molecule has 1 heterocycles. The summed E-state index contributed by atoms with van der Waals surface area (Å²) in [4.78, 5) is 17.0. The van der Waals surface area contributed by atoms with Crippen LogP contribution in [0.3, 0.4) is 0 Å². The number of ketones is 1. The van der Waals surface area contributed by atoms with Gasteiger partial charge in [0.05, 0.1) is 16.8 Å². The lowest BCUT2D eigenvalue weighted by atomic mass is 9.94. The van der Waals surface area contributed by atoms with Gasteiger partial charge in [-0.3, -0.25) is 9.78 Å². The average Bonchev–Trinajstić information content (AvgIpc) is 2.70. The Hall–Kier alpha value is -3.25. The zero-order chi connectivity index (χ0) is 18.9. The van der Waals surface area contributed by atoms with E-state index in [4.69, 9.17) is 0 Å². The van der Waals surface area contributed by atoms with E-state index in [0.717, 1.165) is 15.4 Å². The number of allylic oxidation sites excluding steroid dienone is 1. The normalized spacial score (nSPS) is 13.6. The van der Waals surface area contributed by atoms with Gasteiger partial charge in [-0.1, -0.05) is 42.5 Å². The largest absolute Gasteiger partial charge is 0.292 e. The Kier molecular flexibility index (Phi) is 4.33. The summed E-state index contributed by atoms with van der Waals surface area (Å²) < 4.78 is 27.9. The van der Waals surface area contributed by atoms with Crippen LogP contribution >= 0.6 is 0 Å². The van der Waals surface area contributed by atoms with E-state index in [9.17, 15) is 13.2 Å². The summed E-state index contributed by atoms with van der Waals surface area (Å²) in [6, 6.07) is 18.8. The number of carbonyl (C=O) groups excluding carboxylic acids is 1. The Labute approximate surface area is 157 Å². The lowest BCUT2D eigenvalue weighted by Gasteiger charge is -2.28. The number of nitrogens with zero attached hydrogens (tertiary/aromatic N) is 2. The number of benzene rings is 2. The minimum atomic E-state index is -3.98. The second-order valence-electron chi connectivity index (χ2n) is 6.12. The number of fused-ring (bicyclic) bond motifs is 1. The molecule has 2 aromatic carbocycles. The zero-order valence-electron chi connectivity index (χ0n) is 14.3. The van der Waals surface area contributed by atoms with Crippen LogP contribution in [0, 0.1) is 0 Å². The predicted octanol–water partition coefficient (Wildman–Crippen LogP) is 3.44. The lowest BCUT2D eigenvalue weighted by molar-refractivity contribution is -0.115. The third-order valence-electron chi connectivity index (χ3n) is 4.36. The van der Waals surface area contributed by atoms with Crippen LogP contribution in [0.5, 0.6) is 0 Å². The molecule has 0 unspecified atom stereocenters. The minimum absolute atomic E-state index is 0.112. The summed E-state index contributed by atoms with van der Waals surface area (Å²) in [5.74, 6) is -0.253. The van der Waals surface area contributed by atoms with Crippen LogP contribution in [0.4, 0.5) is 5.69 Å².